The summed E-state index contributed by atoms with van der Waals surface area (Å²) >= 11 is 0. The summed E-state index contributed by atoms with van der Waals surface area (Å²) < 4.78 is 16.7. The lowest BCUT2D eigenvalue weighted by Crippen LogP contribution is -2.25. The summed E-state index contributed by atoms with van der Waals surface area (Å²) in [6, 6.07) is 5.02. The van der Waals surface area contributed by atoms with E-state index < -0.39 is 0 Å². The summed E-state index contributed by atoms with van der Waals surface area (Å²) in [5.74, 6) is 0.134. The largest absolute Gasteiger partial charge is 0.368 e. The van der Waals surface area contributed by atoms with Crippen LogP contribution in [0.4, 0.5) is 10.1 Å². The van der Waals surface area contributed by atoms with Gasteiger partial charge in [-0.2, -0.15) is 0 Å². The first-order chi connectivity index (χ1) is 11.6. The molecule has 2 fully saturated rings. The van der Waals surface area contributed by atoms with Crippen LogP contribution in [0.1, 0.15) is 30.9 Å². The number of halogens is 1. The smallest absolute Gasteiger partial charge is 0.251 e. The van der Waals surface area contributed by atoms with Crippen molar-refractivity contribution in [1.29, 1.82) is 0 Å². The highest BCUT2D eigenvalue weighted by Gasteiger charge is 2.30. The lowest BCUT2D eigenvalue weighted by Gasteiger charge is -2.24. The summed E-state index contributed by atoms with van der Waals surface area (Å²) in [7, 11) is 0. The van der Waals surface area contributed by atoms with Gasteiger partial charge in [-0.1, -0.05) is 12.7 Å². The van der Waals surface area contributed by atoms with Crippen LogP contribution < -0.4 is 16.2 Å². The first kappa shape index (κ1) is 15.4. The van der Waals surface area contributed by atoms with Gasteiger partial charge in [0.1, 0.15) is 5.82 Å². The van der Waals surface area contributed by atoms with Gasteiger partial charge in [-0.3, -0.25) is 4.79 Å². The molecule has 2 heterocycles. The van der Waals surface area contributed by atoms with E-state index in [9.17, 15) is 9.18 Å². The summed E-state index contributed by atoms with van der Waals surface area (Å²) in [6.07, 6.45) is 4.66. The Hall–Kier alpha value is -2.14. The van der Waals surface area contributed by atoms with Crippen molar-refractivity contribution >= 4 is 22.7 Å². The van der Waals surface area contributed by atoms with Crippen molar-refractivity contribution in [3.8, 4) is 0 Å². The number of hydrogen-bond donors (Lipinski definition) is 1. The number of fused-ring (bicyclic) bond motifs is 1. The molecule has 1 atom stereocenters. The van der Waals surface area contributed by atoms with Crippen LogP contribution in [0.15, 0.2) is 29.6 Å². The highest BCUT2D eigenvalue weighted by Crippen LogP contribution is 2.40. The van der Waals surface area contributed by atoms with E-state index in [0.29, 0.717) is 18.2 Å². The Balaban J connectivity index is 1.97. The Morgan fingerprint density at radius 3 is 2.75 bits per heavy atom. The fraction of sp³-hybridized carbons (Fsp3) is 0.421. The number of anilines is 1. The molecule has 5 heteroatoms. The van der Waals surface area contributed by atoms with E-state index in [1.165, 1.54) is 6.07 Å². The first-order valence-electron chi connectivity index (χ1n) is 8.59. The normalized spacial score (nSPS) is 20.8. The standard InChI is InChI=1S/C19H22FN3O/c1-2-15-18-13(3-6-17(24)23(18)14-4-5-14)9-16(20)19(15)22-8-7-12(10-21)11-22/h2-3,6,9,12,14H,1,4-5,7-8,10-11,21H2. The monoisotopic (exact) mass is 327 g/mol. The molecule has 1 saturated heterocycles. The molecule has 1 aliphatic carbocycles. The Kier molecular flexibility index (Phi) is 3.68. The quantitative estimate of drug-likeness (QED) is 0.939. The number of aromatic nitrogens is 1. The molecule has 0 radical (unpaired) electrons. The number of nitrogens with two attached hydrogens (primary N) is 1. The van der Waals surface area contributed by atoms with Crippen molar-refractivity contribution in [3.63, 3.8) is 0 Å². The number of nitrogens with zero attached hydrogens (tertiary/aromatic N) is 2. The minimum atomic E-state index is -0.254. The van der Waals surface area contributed by atoms with Gasteiger partial charge in [0, 0.05) is 36.1 Å². The molecular weight excluding hydrogens is 305 g/mol. The van der Waals surface area contributed by atoms with Crippen LogP contribution in [0.2, 0.25) is 0 Å². The molecule has 126 valence electrons. The number of benzene rings is 1. The fourth-order valence-electron chi connectivity index (χ4n) is 3.86. The van der Waals surface area contributed by atoms with Gasteiger partial charge in [0.15, 0.2) is 0 Å². The highest BCUT2D eigenvalue weighted by atomic mass is 19.1. The van der Waals surface area contributed by atoms with E-state index in [0.717, 1.165) is 48.8 Å². The Labute approximate surface area is 140 Å². The van der Waals surface area contributed by atoms with Gasteiger partial charge in [0.05, 0.1) is 11.2 Å². The Morgan fingerprint density at radius 2 is 2.12 bits per heavy atom. The maximum atomic E-state index is 14.9. The van der Waals surface area contributed by atoms with E-state index in [-0.39, 0.29) is 17.4 Å². The molecule has 0 amide bonds. The van der Waals surface area contributed by atoms with Crippen LogP contribution >= 0.6 is 0 Å². The second-order valence-electron chi connectivity index (χ2n) is 6.87. The number of rotatable bonds is 4. The molecule has 4 nitrogen and oxygen atoms in total. The lowest BCUT2D eigenvalue weighted by atomic mass is 10.0. The molecule has 2 aliphatic rings. The topological polar surface area (TPSA) is 51.3 Å². The van der Waals surface area contributed by atoms with Crippen molar-refractivity contribution in [3.05, 3.63) is 46.5 Å². The molecule has 24 heavy (non-hydrogen) atoms. The molecule has 2 aromatic rings. The predicted octanol–water partition coefficient (Wildman–Crippen LogP) is 2.90. The third-order valence-electron chi connectivity index (χ3n) is 5.23. The molecule has 2 N–H and O–H groups in total. The Morgan fingerprint density at radius 1 is 1.33 bits per heavy atom. The van der Waals surface area contributed by atoms with Crippen molar-refractivity contribution < 1.29 is 4.39 Å². The average Bonchev–Trinajstić information content (AvgIpc) is 3.30. The van der Waals surface area contributed by atoms with Gasteiger partial charge >= 0.3 is 0 Å². The molecule has 1 saturated carbocycles. The van der Waals surface area contributed by atoms with Gasteiger partial charge in [-0.05, 0) is 43.9 Å². The molecule has 0 bridgehead atoms. The Bertz CT molecular complexity index is 869. The minimum Gasteiger partial charge on any atom is -0.368 e. The van der Waals surface area contributed by atoms with Crippen LogP contribution in [0.5, 0.6) is 0 Å². The fourth-order valence-corrected chi connectivity index (χ4v) is 3.86. The zero-order chi connectivity index (χ0) is 16.8. The zero-order valence-corrected chi connectivity index (χ0v) is 13.7. The van der Waals surface area contributed by atoms with Crippen LogP contribution in [0.3, 0.4) is 0 Å². The second kappa shape index (κ2) is 5.74. The van der Waals surface area contributed by atoms with Crippen LogP contribution in [-0.2, 0) is 0 Å². The third kappa shape index (κ3) is 2.35. The zero-order valence-electron chi connectivity index (χ0n) is 13.7. The van der Waals surface area contributed by atoms with Crippen molar-refractivity contribution in [2.24, 2.45) is 11.7 Å². The molecule has 0 spiro atoms. The van der Waals surface area contributed by atoms with Crippen LogP contribution in [0, 0.1) is 11.7 Å². The molecule has 1 aromatic carbocycles. The van der Waals surface area contributed by atoms with Gasteiger partial charge in [-0.25, -0.2) is 4.39 Å². The van der Waals surface area contributed by atoms with E-state index in [4.69, 9.17) is 5.73 Å². The van der Waals surface area contributed by atoms with Crippen LogP contribution in [-0.4, -0.2) is 24.2 Å². The number of hydrogen-bond acceptors (Lipinski definition) is 3. The third-order valence-corrected chi connectivity index (χ3v) is 5.23. The molecule has 1 aliphatic heterocycles. The average molecular weight is 327 g/mol. The predicted molar refractivity (Wildman–Crippen MR) is 95.9 cm³/mol. The lowest BCUT2D eigenvalue weighted by molar-refractivity contribution is 0.597. The van der Waals surface area contributed by atoms with E-state index >= 15 is 0 Å². The van der Waals surface area contributed by atoms with Gasteiger partial charge in [0.25, 0.3) is 5.56 Å². The van der Waals surface area contributed by atoms with Crippen molar-refractivity contribution in [2.75, 3.05) is 24.5 Å². The van der Waals surface area contributed by atoms with Gasteiger partial charge in [0.2, 0.25) is 0 Å². The first-order valence-corrected chi connectivity index (χ1v) is 8.59. The summed E-state index contributed by atoms with van der Waals surface area (Å²) in [6.45, 7) is 6.06. The summed E-state index contributed by atoms with van der Waals surface area (Å²) in [5.41, 5.74) is 7.86. The van der Waals surface area contributed by atoms with Crippen molar-refractivity contribution in [2.45, 2.75) is 25.3 Å². The van der Waals surface area contributed by atoms with E-state index in [2.05, 4.69) is 11.5 Å². The summed E-state index contributed by atoms with van der Waals surface area (Å²) in [4.78, 5) is 14.5. The molecule has 1 unspecified atom stereocenters. The SMILES string of the molecule is C=Cc1c(N2CCC(CN)C2)c(F)cc2ccc(=O)n(C3CC3)c12. The van der Waals surface area contributed by atoms with Crippen molar-refractivity contribution in [1.82, 2.24) is 4.57 Å². The van der Waals surface area contributed by atoms with Gasteiger partial charge < -0.3 is 15.2 Å². The van der Waals surface area contributed by atoms with Crippen LogP contribution in [0.25, 0.3) is 17.0 Å². The second-order valence-corrected chi connectivity index (χ2v) is 6.87. The number of pyridine rings is 1. The molecular formula is C19H22FN3O. The minimum absolute atomic E-state index is 0.0214. The maximum absolute atomic E-state index is 14.9. The molecule has 4 rings (SSSR count). The molecule has 1 aromatic heterocycles. The maximum Gasteiger partial charge on any atom is 0.251 e. The highest BCUT2D eigenvalue weighted by molar-refractivity contribution is 5.94. The summed E-state index contributed by atoms with van der Waals surface area (Å²) in [5, 5.41) is 0.757. The van der Waals surface area contributed by atoms with E-state index in [1.54, 1.807) is 18.2 Å². The van der Waals surface area contributed by atoms with E-state index in [1.807, 2.05) is 4.57 Å². The van der Waals surface area contributed by atoms with Gasteiger partial charge in [-0.15, -0.1) is 0 Å².